The molecule has 2 nitrogen and oxygen atoms in total. The van der Waals surface area contributed by atoms with Gasteiger partial charge in [-0.2, -0.15) is 0 Å². The van der Waals surface area contributed by atoms with Crippen molar-refractivity contribution in [1.82, 2.24) is 0 Å². The molecule has 0 aliphatic carbocycles. The molecule has 1 atom stereocenters. The molecule has 0 amide bonds. The Kier molecular flexibility index (Phi) is 5.21. The second-order valence-electron chi connectivity index (χ2n) is 4.99. The fraction of sp³-hybridized carbons (Fsp3) is 0.294. The fourth-order valence-corrected chi connectivity index (χ4v) is 2.43. The largest absolute Gasteiger partial charge is 0.457 e. The molecule has 0 saturated heterocycles. The van der Waals surface area contributed by atoms with Crippen molar-refractivity contribution in [1.29, 1.82) is 0 Å². The molecule has 0 spiro atoms. The van der Waals surface area contributed by atoms with Crippen LogP contribution in [0.3, 0.4) is 0 Å². The lowest BCUT2D eigenvalue weighted by molar-refractivity contribution is 0.468. The number of hydrogen-bond donors (Lipinski definition) is 1. The van der Waals surface area contributed by atoms with Gasteiger partial charge in [-0.15, -0.1) is 0 Å². The highest BCUT2D eigenvalue weighted by Gasteiger charge is 2.10. The van der Waals surface area contributed by atoms with Crippen LogP contribution in [0.25, 0.3) is 0 Å². The van der Waals surface area contributed by atoms with Crippen LogP contribution in [0.5, 0.6) is 11.5 Å². The summed E-state index contributed by atoms with van der Waals surface area (Å²) in [5.41, 5.74) is 8.34. The molecule has 0 fully saturated rings. The number of aryl methyl sites for hydroxylation is 1. The van der Waals surface area contributed by atoms with Gasteiger partial charge >= 0.3 is 0 Å². The second kappa shape index (κ2) is 6.91. The van der Waals surface area contributed by atoms with Crippen LogP contribution in [0.15, 0.2) is 46.9 Å². The Labute approximate surface area is 129 Å². The number of halogens is 1. The number of hydrogen-bond acceptors (Lipinski definition) is 2. The third-order valence-corrected chi connectivity index (χ3v) is 3.84. The number of nitrogens with two attached hydrogens (primary N) is 1. The number of rotatable bonds is 5. The van der Waals surface area contributed by atoms with E-state index in [9.17, 15) is 0 Å². The Bertz CT molecular complexity index is 583. The standard InChI is InChI=1S/C17H20BrNO/c1-3-15(19)11-13-10-14(18)8-9-17(13)20-16-7-5-4-6-12(16)2/h4-10,15H,3,11,19H2,1-2H3. The third-order valence-electron chi connectivity index (χ3n) is 3.34. The van der Waals surface area contributed by atoms with Gasteiger partial charge in [0.25, 0.3) is 0 Å². The maximum Gasteiger partial charge on any atom is 0.130 e. The molecule has 0 bridgehead atoms. The summed E-state index contributed by atoms with van der Waals surface area (Å²) in [6, 6.07) is 14.3. The molecule has 0 aliphatic rings. The molecule has 20 heavy (non-hydrogen) atoms. The Morgan fingerprint density at radius 3 is 2.60 bits per heavy atom. The molecule has 0 aliphatic heterocycles. The van der Waals surface area contributed by atoms with Gasteiger partial charge in [0.2, 0.25) is 0 Å². The summed E-state index contributed by atoms with van der Waals surface area (Å²) in [4.78, 5) is 0. The van der Waals surface area contributed by atoms with E-state index in [4.69, 9.17) is 10.5 Å². The lowest BCUT2D eigenvalue weighted by Crippen LogP contribution is -2.21. The van der Waals surface area contributed by atoms with Crippen LogP contribution >= 0.6 is 15.9 Å². The first-order valence-corrected chi connectivity index (χ1v) is 7.67. The van der Waals surface area contributed by atoms with Gasteiger partial charge in [0.05, 0.1) is 0 Å². The predicted octanol–water partition coefficient (Wildman–Crippen LogP) is 4.83. The van der Waals surface area contributed by atoms with Crippen LogP contribution in [-0.2, 0) is 6.42 Å². The van der Waals surface area contributed by atoms with Gasteiger partial charge in [0, 0.05) is 10.5 Å². The molecule has 2 N–H and O–H groups in total. The van der Waals surface area contributed by atoms with Crippen LogP contribution in [-0.4, -0.2) is 6.04 Å². The summed E-state index contributed by atoms with van der Waals surface area (Å²) >= 11 is 3.51. The summed E-state index contributed by atoms with van der Waals surface area (Å²) in [6.07, 6.45) is 1.77. The highest BCUT2D eigenvalue weighted by Crippen LogP contribution is 2.30. The average molecular weight is 334 g/mol. The van der Waals surface area contributed by atoms with Crippen molar-refractivity contribution < 1.29 is 4.74 Å². The lowest BCUT2D eigenvalue weighted by atomic mass is 10.0. The minimum atomic E-state index is 0.156. The first kappa shape index (κ1) is 15.1. The van der Waals surface area contributed by atoms with E-state index >= 15 is 0 Å². The molecule has 0 radical (unpaired) electrons. The molecule has 1 unspecified atom stereocenters. The van der Waals surface area contributed by atoms with Gasteiger partial charge in [0.15, 0.2) is 0 Å². The topological polar surface area (TPSA) is 35.2 Å². The van der Waals surface area contributed by atoms with Crippen molar-refractivity contribution in [3.05, 3.63) is 58.1 Å². The van der Waals surface area contributed by atoms with E-state index in [1.165, 1.54) is 0 Å². The van der Waals surface area contributed by atoms with Gasteiger partial charge in [-0.25, -0.2) is 0 Å². The summed E-state index contributed by atoms with van der Waals surface area (Å²) in [7, 11) is 0. The zero-order valence-corrected chi connectivity index (χ0v) is 13.5. The van der Waals surface area contributed by atoms with E-state index in [-0.39, 0.29) is 6.04 Å². The molecular formula is C17H20BrNO. The monoisotopic (exact) mass is 333 g/mol. The number of benzene rings is 2. The zero-order chi connectivity index (χ0) is 14.5. The molecule has 2 aromatic carbocycles. The molecule has 2 aromatic rings. The molecular weight excluding hydrogens is 314 g/mol. The minimum absolute atomic E-state index is 0.156. The Hall–Kier alpha value is -1.32. The Morgan fingerprint density at radius 1 is 1.15 bits per heavy atom. The van der Waals surface area contributed by atoms with E-state index < -0.39 is 0 Å². The lowest BCUT2D eigenvalue weighted by Gasteiger charge is -2.15. The molecule has 0 aromatic heterocycles. The molecule has 2 rings (SSSR count). The quantitative estimate of drug-likeness (QED) is 0.850. The molecule has 0 saturated carbocycles. The van der Waals surface area contributed by atoms with E-state index in [1.807, 2.05) is 43.3 Å². The van der Waals surface area contributed by atoms with Gasteiger partial charge in [-0.05, 0) is 55.2 Å². The maximum absolute atomic E-state index is 6.08. The summed E-state index contributed by atoms with van der Waals surface area (Å²) in [5.74, 6) is 1.77. The molecule has 106 valence electrons. The average Bonchev–Trinajstić information content (AvgIpc) is 2.44. The van der Waals surface area contributed by atoms with Crippen LogP contribution in [0.4, 0.5) is 0 Å². The zero-order valence-electron chi connectivity index (χ0n) is 11.9. The fourth-order valence-electron chi connectivity index (χ4n) is 2.02. The van der Waals surface area contributed by atoms with Crippen LogP contribution in [0, 0.1) is 6.92 Å². The van der Waals surface area contributed by atoms with Crippen molar-refractivity contribution in [3.8, 4) is 11.5 Å². The second-order valence-corrected chi connectivity index (χ2v) is 5.91. The SMILES string of the molecule is CCC(N)Cc1cc(Br)ccc1Oc1ccccc1C. The van der Waals surface area contributed by atoms with Gasteiger partial charge in [0.1, 0.15) is 11.5 Å². The Balaban J connectivity index is 2.29. The van der Waals surface area contributed by atoms with Crippen LogP contribution in [0.1, 0.15) is 24.5 Å². The smallest absolute Gasteiger partial charge is 0.130 e. The summed E-state index contributed by atoms with van der Waals surface area (Å²) in [6.45, 7) is 4.15. The normalized spacial score (nSPS) is 12.2. The highest BCUT2D eigenvalue weighted by atomic mass is 79.9. The van der Waals surface area contributed by atoms with Crippen molar-refractivity contribution in [3.63, 3.8) is 0 Å². The maximum atomic E-state index is 6.08. The van der Waals surface area contributed by atoms with Crippen molar-refractivity contribution >= 4 is 15.9 Å². The van der Waals surface area contributed by atoms with Crippen LogP contribution in [0.2, 0.25) is 0 Å². The first-order chi connectivity index (χ1) is 9.60. The molecule has 0 heterocycles. The van der Waals surface area contributed by atoms with Crippen molar-refractivity contribution in [2.24, 2.45) is 5.73 Å². The predicted molar refractivity (Wildman–Crippen MR) is 87.4 cm³/mol. The van der Waals surface area contributed by atoms with Gasteiger partial charge in [-0.1, -0.05) is 41.1 Å². The van der Waals surface area contributed by atoms with Gasteiger partial charge < -0.3 is 10.5 Å². The highest BCUT2D eigenvalue weighted by molar-refractivity contribution is 9.10. The number of para-hydroxylation sites is 1. The van der Waals surface area contributed by atoms with Gasteiger partial charge in [-0.3, -0.25) is 0 Å². The first-order valence-electron chi connectivity index (χ1n) is 6.87. The summed E-state index contributed by atoms with van der Waals surface area (Å²) in [5, 5.41) is 0. The molecule has 3 heteroatoms. The third kappa shape index (κ3) is 3.84. The summed E-state index contributed by atoms with van der Waals surface area (Å²) < 4.78 is 7.11. The van der Waals surface area contributed by atoms with Crippen molar-refractivity contribution in [2.45, 2.75) is 32.7 Å². The van der Waals surface area contributed by atoms with Crippen LogP contribution < -0.4 is 10.5 Å². The van der Waals surface area contributed by atoms with E-state index in [0.717, 1.165) is 39.9 Å². The van der Waals surface area contributed by atoms with Crippen molar-refractivity contribution in [2.75, 3.05) is 0 Å². The minimum Gasteiger partial charge on any atom is -0.457 e. The van der Waals surface area contributed by atoms with E-state index in [2.05, 4.69) is 28.9 Å². The number of ether oxygens (including phenoxy) is 1. The Morgan fingerprint density at radius 2 is 1.90 bits per heavy atom. The van der Waals surface area contributed by atoms with E-state index in [0.29, 0.717) is 0 Å². The van der Waals surface area contributed by atoms with E-state index in [1.54, 1.807) is 0 Å².